The van der Waals surface area contributed by atoms with Crippen molar-refractivity contribution in [3.05, 3.63) is 45.1 Å². The second-order valence-electron chi connectivity index (χ2n) is 9.12. The lowest BCUT2D eigenvalue weighted by atomic mass is 9.98. The van der Waals surface area contributed by atoms with E-state index in [9.17, 15) is 14.5 Å². The number of ether oxygens (including phenoxy) is 1. The molecule has 1 fully saturated rings. The van der Waals surface area contributed by atoms with E-state index in [0.717, 1.165) is 24.2 Å². The summed E-state index contributed by atoms with van der Waals surface area (Å²) in [5.74, 6) is 5.49. The Morgan fingerprint density at radius 1 is 1.28 bits per heavy atom. The van der Waals surface area contributed by atoms with Crippen molar-refractivity contribution in [3.8, 4) is 11.8 Å². The van der Waals surface area contributed by atoms with E-state index in [1.54, 1.807) is 41.7 Å². The summed E-state index contributed by atoms with van der Waals surface area (Å²) >= 11 is 7.18. The predicted octanol–water partition coefficient (Wildman–Crippen LogP) is 5.96. The zero-order valence-electron chi connectivity index (χ0n) is 18.9. The van der Waals surface area contributed by atoms with Gasteiger partial charge in [-0.3, -0.25) is 4.57 Å². The number of carboxylic acids is 1. The summed E-state index contributed by atoms with van der Waals surface area (Å²) in [4.78, 5) is 13.0. The van der Waals surface area contributed by atoms with Gasteiger partial charge in [0.25, 0.3) is 0 Å². The van der Waals surface area contributed by atoms with Gasteiger partial charge in [-0.25, -0.2) is 4.79 Å². The lowest BCUT2D eigenvalue weighted by Gasteiger charge is -2.35. The van der Waals surface area contributed by atoms with Gasteiger partial charge in [0.2, 0.25) is 0 Å². The fraction of sp³-hybridized carbons (Fsp3) is 0.458. The Morgan fingerprint density at radius 2 is 1.91 bits per heavy atom. The molecule has 32 heavy (non-hydrogen) atoms. The molecule has 3 rings (SSSR count). The van der Waals surface area contributed by atoms with E-state index in [0.29, 0.717) is 40.7 Å². The van der Waals surface area contributed by atoms with Crippen molar-refractivity contribution in [1.29, 1.82) is 0 Å². The van der Waals surface area contributed by atoms with Crippen LogP contribution in [-0.2, 0) is 9.30 Å². The van der Waals surface area contributed by atoms with E-state index in [1.807, 2.05) is 20.8 Å². The minimum absolute atomic E-state index is 0.159. The van der Waals surface area contributed by atoms with Crippen LogP contribution in [0.15, 0.2) is 30.3 Å². The van der Waals surface area contributed by atoms with Crippen molar-refractivity contribution in [2.24, 2.45) is 11.3 Å². The number of carboxylic acid groups (broad SMARTS) is 1. The molecule has 0 aliphatic carbocycles. The molecule has 0 radical (unpaired) electrons. The first-order valence-electron chi connectivity index (χ1n) is 10.6. The van der Waals surface area contributed by atoms with Gasteiger partial charge in [-0.2, -0.15) is 0 Å². The molecule has 0 amide bonds. The summed E-state index contributed by atoms with van der Waals surface area (Å²) < 4.78 is 21.5. The molecule has 1 N–H and O–H groups in total. The third-order valence-electron chi connectivity index (χ3n) is 5.28. The highest BCUT2D eigenvalue weighted by Gasteiger charge is 2.34. The van der Waals surface area contributed by atoms with Gasteiger partial charge in [-0.1, -0.05) is 23.4 Å². The average Bonchev–Trinajstić information content (AvgIpc) is 3.15. The van der Waals surface area contributed by atoms with Gasteiger partial charge < -0.3 is 14.5 Å². The average molecular weight is 494 g/mol. The number of halogens is 1. The van der Waals surface area contributed by atoms with Gasteiger partial charge >= 0.3 is 5.97 Å². The van der Waals surface area contributed by atoms with Crippen molar-refractivity contribution < 1.29 is 19.2 Å². The van der Waals surface area contributed by atoms with Crippen molar-refractivity contribution in [2.45, 2.75) is 33.6 Å². The molecule has 2 heterocycles. The van der Waals surface area contributed by atoms with Crippen LogP contribution in [0.5, 0.6) is 0 Å². The quantitative estimate of drug-likeness (QED) is 0.397. The lowest BCUT2D eigenvalue weighted by molar-refractivity contribution is 0.0685. The fourth-order valence-electron chi connectivity index (χ4n) is 3.53. The van der Waals surface area contributed by atoms with Crippen LogP contribution < -0.4 is 9.97 Å². The van der Waals surface area contributed by atoms with Crippen LogP contribution in [0.4, 0.5) is 5.69 Å². The predicted molar refractivity (Wildman–Crippen MR) is 133 cm³/mol. The molecule has 1 saturated heterocycles. The molecule has 1 aromatic carbocycles. The Kier molecular flexibility index (Phi) is 7.78. The second kappa shape index (κ2) is 10.0. The third-order valence-corrected chi connectivity index (χ3v) is 9.12. The number of anilines is 1. The Balaban J connectivity index is 2.10. The molecule has 1 aliphatic heterocycles. The largest absolute Gasteiger partial charge is 0.477 e. The zero-order valence-corrected chi connectivity index (χ0v) is 21.3. The first-order chi connectivity index (χ1) is 15.0. The van der Waals surface area contributed by atoms with Gasteiger partial charge in [0.05, 0.1) is 10.6 Å². The number of nitrogens with zero attached hydrogens (tertiary/aromatic N) is 1. The number of aromatic carboxylic acids is 1. The Morgan fingerprint density at radius 3 is 2.47 bits per heavy atom. The van der Waals surface area contributed by atoms with Crippen LogP contribution >= 0.6 is 30.2 Å². The molecule has 172 valence electrons. The van der Waals surface area contributed by atoms with E-state index in [1.165, 1.54) is 0 Å². The highest BCUT2D eigenvalue weighted by Crippen LogP contribution is 2.51. The van der Waals surface area contributed by atoms with E-state index in [2.05, 4.69) is 11.8 Å². The highest BCUT2D eigenvalue weighted by atomic mass is 35.5. The van der Waals surface area contributed by atoms with E-state index >= 15 is 0 Å². The van der Waals surface area contributed by atoms with Gasteiger partial charge in [0, 0.05) is 42.2 Å². The van der Waals surface area contributed by atoms with Crippen LogP contribution in [0, 0.1) is 23.2 Å². The maximum Gasteiger partial charge on any atom is 0.348 e. The normalized spacial score (nSPS) is 16.7. The number of hydrogen-bond acceptors (Lipinski definition) is 4. The first-order valence-corrected chi connectivity index (χ1v) is 13.9. The van der Waals surface area contributed by atoms with Gasteiger partial charge in [0.15, 0.2) is 7.29 Å². The summed E-state index contributed by atoms with van der Waals surface area (Å²) in [6.07, 6.45) is 1.70. The molecule has 1 unspecified atom stereocenters. The molecule has 1 aromatic heterocycles. The molecular formula is C24H29ClNO4PS. The lowest BCUT2D eigenvalue weighted by Crippen LogP contribution is -2.33. The molecule has 1 aliphatic rings. The highest BCUT2D eigenvalue weighted by molar-refractivity contribution is 7.72. The molecule has 0 spiro atoms. The van der Waals surface area contributed by atoms with Crippen molar-refractivity contribution >= 4 is 47.2 Å². The van der Waals surface area contributed by atoms with Crippen LogP contribution in [0.1, 0.15) is 48.2 Å². The Hall–Kier alpha value is -1.77. The van der Waals surface area contributed by atoms with Gasteiger partial charge in [0.1, 0.15) is 4.88 Å². The zero-order chi connectivity index (χ0) is 23.5. The summed E-state index contributed by atoms with van der Waals surface area (Å²) in [5, 5.41) is 11.1. The topological polar surface area (TPSA) is 66.8 Å². The molecule has 5 nitrogen and oxygen atoms in total. The summed E-state index contributed by atoms with van der Waals surface area (Å²) in [5.41, 5.74) is 0.256. The van der Waals surface area contributed by atoms with E-state index in [-0.39, 0.29) is 16.2 Å². The fourth-order valence-corrected chi connectivity index (χ4v) is 6.67. The smallest absolute Gasteiger partial charge is 0.348 e. The minimum Gasteiger partial charge on any atom is -0.477 e. The Labute approximate surface area is 199 Å². The van der Waals surface area contributed by atoms with Crippen LogP contribution in [0.25, 0.3) is 0 Å². The van der Waals surface area contributed by atoms with Crippen molar-refractivity contribution in [3.63, 3.8) is 0 Å². The maximum absolute atomic E-state index is 14.2. The summed E-state index contributed by atoms with van der Waals surface area (Å²) in [6, 6.07) is 8.72. The third kappa shape index (κ3) is 6.17. The van der Waals surface area contributed by atoms with Crippen molar-refractivity contribution in [2.75, 3.05) is 31.1 Å². The van der Waals surface area contributed by atoms with Crippen LogP contribution in [0.3, 0.4) is 0 Å². The number of benzene rings is 1. The molecular weight excluding hydrogens is 465 g/mol. The molecule has 2 aromatic rings. The minimum atomic E-state index is -3.14. The molecule has 8 heteroatoms. The molecule has 0 bridgehead atoms. The van der Waals surface area contributed by atoms with Crippen molar-refractivity contribution in [1.82, 2.24) is 0 Å². The van der Waals surface area contributed by atoms with Gasteiger partial charge in [-0.05, 0) is 69.9 Å². The van der Waals surface area contributed by atoms with E-state index < -0.39 is 13.3 Å². The van der Waals surface area contributed by atoms with Crippen LogP contribution in [-0.4, -0.2) is 37.5 Å². The van der Waals surface area contributed by atoms with E-state index in [4.69, 9.17) is 16.3 Å². The van der Waals surface area contributed by atoms with Gasteiger partial charge in [-0.15, -0.1) is 11.3 Å². The number of rotatable bonds is 6. The maximum atomic E-state index is 14.2. The molecule has 1 atom stereocenters. The monoisotopic (exact) mass is 493 g/mol. The first kappa shape index (κ1) is 24.9. The number of thiophene rings is 1. The molecule has 0 saturated carbocycles. The standard InChI is InChI=1S/C24H29ClNO4PS/c1-24(2,3)12-9-20-15-21(22(32-20)23(27)28)26(16-17-10-13-30-14-11-17)31(4,29)19-7-5-18(25)6-8-19/h5-8,15,17H,10-11,13-14,16H2,1-4H3,(H,27,28). The number of hydrogen-bond donors (Lipinski definition) is 1. The number of carbonyl (C=O) groups is 1. The summed E-state index contributed by atoms with van der Waals surface area (Å²) in [6.45, 7) is 9.51. The second-order valence-corrected chi connectivity index (χ2v) is 13.4. The SMILES string of the molecule is CC(C)(C)C#Cc1cc(N(CC2CCOCC2)P(C)(=O)c2ccc(Cl)cc2)c(C(=O)O)s1. The van der Waals surface area contributed by atoms with Crippen LogP contribution in [0.2, 0.25) is 5.02 Å². The summed E-state index contributed by atoms with van der Waals surface area (Å²) in [7, 11) is -3.14. The Bertz CT molecular complexity index is 1070.